The van der Waals surface area contributed by atoms with Crippen LogP contribution >= 0.6 is 45.2 Å². The molecule has 0 aliphatic carbocycles. The van der Waals surface area contributed by atoms with Gasteiger partial charge in [-0.25, -0.2) is 0 Å². The summed E-state index contributed by atoms with van der Waals surface area (Å²) in [5, 5.41) is 0. The molecule has 1 unspecified atom stereocenters. The zero-order valence-corrected chi connectivity index (χ0v) is 9.46. The Morgan fingerprint density at radius 3 is 2.56 bits per heavy atom. The summed E-state index contributed by atoms with van der Waals surface area (Å²) in [7, 11) is 0. The second-order valence-electron chi connectivity index (χ2n) is 1.84. The first kappa shape index (κ1) is 10.1. The summed E-state index contributed by atoms with van der Waals surface area (Å²) in [4.78, 5) is 10.1. The molecule has 0 aromatic heterocycles. The Balaban J connectivity index is 2.96. The summed E-state index contributed by atoms with van der Waals surface area (Å²) in [6.07, 6.45) is 4.50. The van der Waals surface area contributed by atoms with E-state index in [2.05, 4.69) is 45.2 Å². The van der Waals surface area contributed by atoms with Gasteiger partial charge in [0.25, 0.3) is 0 Å². The highest BCUT2D eigenvalue weighted by Gasteiger charge is 1.98. The van der Waals surface area contributed by atoms with E-state index in [4.69, 9.17) is 0 Å². The maximum absolute atomic E-state index is 10.1. The fourth-order valence-corrected chi connectivity index (χ4v) is 1.48. The normalized spacial score (nSPS) is 13.1. The minimum absolute atomic E-state index is 0.241. The van der Waals surface area contributed by atoms with Crippen molar-refractivity contribution in [1.29, 1.82) is 0 Å². The van der Waals surface area contributed by atoms with Crippen molar-refractivity contribution in [3.05, 3.63) is 0 Å². The van der Waals surface area contributed by atoms with Crippen LogP contribution in [-0.4, -0.2) is 14.6 Å². The van der Waals surface area contributed by atoms with Crippen LogP contribution < -0.4 is 0 Å². The third kappa shape index (κ3) is 7.02. The van der Waals surface area contributed by atoms with E-state index in [1.165, 1.54) is 17.3 Å². The molecule has 1 atom stereocenters. The molecule has 0 fully saturated rings. The van der Waals surface area contributed by atoms with Crippen molar-refractivity contribution in [2.75, 3.05) is 4.43 Å². The first-order valence-electron chi connectivity index (χ1n) is 2.96. The van der Waals surface area contributed by atoms with Gasteiger partial charge >= 0.3 is 0 Å². The molecule has 1 nitrogen and oxygen atoms in total. The number of aldehydes is 1. The fraction of sp³-hybridized carbons (Fsp3) is 0.833. The van der Waals surface area contributed by atoms with Gasteiger partial charge in [0.1, 0.15) is 6.29 Å². The molecule has 3 heteroatoms. The third-order valence-electron chi connectivity index (χ3n) is 1.01. The molecule has 0 heterocycles. The molecule has 0 aromatic carbocycles. The number of hydrogen-bond donors (Lipinski definition) is 0. The topological polar surface area (TPSA) is 17.1 Å². The standard InChI is InChI=1S/C6H10I2O/c7-4-2-1-3-6(8)5-9/h5-6H,1-4H2. The van der Waals surface area contributed by atoms with Crippen LogP contribution in [0.1, 0.15) is 19.3 Å². The van der Waals surface area contributed by atoms with Gasteiger partial charge in [-0.3, -0.25) is 0 Å². The summed E-state index contributed by atoms with van der Waals surface area (Å²) in [5.41, 5.74) is 0. The second-order valence-corrected chi connectivity index (χ2v) is 4.52. The van der Waals surface area contributed by atoms with E-state index in [-0.39, 0.29) is 3.92 Å². The Kier molecular flexibility index (Phi) is 8.15. The van der Waals surface area contributed by atoms with E-state index in [1.54, 1.807) is 0 Å². The minimum atomic E-state index is 0.241. The summed E-state index contributed by atoms with van der Waals surface area (Å²) in [6, 6.07) is 0. The zero-order chi connectivity index (χ0) is 7.11. The molecule has 0 aliphatic rings. The summed E-state index contributed by atoms with van der Waals surface area (Å²) < 4.78 is 1.45. The molecule has 54 valence electrons. The Labute approximate surface area is 83.2 Å². The predicted molar refractivity (Wildman–Crippen MR) is 56.6 cm³/mol. The molecule has 0 spiro atoms. The number of rotatable bonds is 5. The Bertz CT molecular complexity index is 75.5. The molecular formula is C6H10I2O. The Morgan fingerprint density at radius 2 is 2.11 bits per heavy atom. The van der Waals surface area contributed by atoms with E-state index in [1.807, 2.05) is 0 Å². The number of carbonyl (C=O) groups excluding carboxylic acids is 1. The van der Waals surface area contributed by atoms with Crippen LogP contribution in [0.3, 0.4) is 0 Å². The van der Waals surface area contributed by atoms with Crippen molar-refractivity contribution < 1.29 is 4.79 Å². The van der Waals surface area contributed by atoms with Crippen molar-refractivity contribution in [1.82, 2.24) is 0 Å². The van der Waals surface area contributed by atoms with Crippen LogP contribution in [0.25, 0.3) is 0 Å². The van der Waals surface area contributed by atoms with E-state index in [0.717, 1.165) is 12.7 Å². The number of carbonyl (C=O) groups is 1. The third-order valence-corrected chi connectivity index (χ3v) is 2.69. The summed E-state index contributed by atoms with van der Waals surface area (Å²) >= 11 is 4.53. The SMILES string of the molecule is O=CC(I)CCCCI. The van der Waals surface area contributed by atoms with Crippen molar-refractivity contribution in [3.8, 4) is 0 Å². The molecule has 0 aromatic rings. The molecule has 0 saturated heterocycles. The van der Waals surface area contributed by atoms with Crippen molar-refractivity contribution in [3.63, 3.8) is 0 Å². The average Bonchev–Trinajstić information content (AvgIpc) is 1.89. The minimum Gasteiger partial charge on any atom is -0.302 e. The molecule has 0 rings (SSSR count). The highest BCUT2D eigenvalue weighted by Crippen LogP contribution is 2.08. The van der Waals surface area contributed by atoms with E-state index in [0.29, 0.717) is 0 Å². The Hall–Kier alpha value is 1.13. The monoisotopic (exact) mass is 352 g/mol. The molecule has 0 amide bonds. The van der Waals surface area contributed by atoms with E-state index in [9.17, 15) is 4.79 Å². The van der Waals surface area contributed by atoms with Crippen LogP contribution in [0.4, 0.5) is 0 Å². The van der Waals surface area contributed by atoms with Crippen LogP contribution in [0.5, 0.6) is 0 Å². The zero-order valence-electron chi connectivity index (χ0n) is 5.15. The number of alkyl halides is 2. The number of halogens is 2. The van der Waals surface area contributed by atoms with Crippen LogP contribution in [0.2, 0.25) is 0 Å². The molecule has 9 heavy (non-hydrogen) atoms. The van der Waals surface area contributed by atoms with Crippen LogP contribution in [-0.2, 0) is 4.79 Å². The van der Waals surface area contributed by atoms with Gasteiger partial charge in [-0.05, 0) is 17.3 Å². The lowest BCUT2D eigenvalue weighted by Crippen LogP contribution is -1.97. The summed E-state index contributed by atoms with van der Waals surface area (Å²) in [5.74, 6) is 0. The van der Waals surface area contributed by atoms with E-state index < -0.39 is 0 Å². The maximum atomic E-state index is 10.1. The van der Waals surface area contributed by atoms with Gasteiger partial charge in [0.15, 0.2) is 0 Å². The Morgan fingerprint density at radius 1 is 1.44 bits per heavy atom. The van der Waals surface area contributed by atoms with Gasteiger partial charge in [0.05, 0.1) is 3.92 Å². The highest BCUT2D eigenvalue weighted by molar-refractivity contribution is 14.1. The molecule has 0 saturated carbocycles. The van der Waals surface area contributed by atoms with Crippen LogP contribution in [0, 0.1) is 0 Å². The van der Waals surface area contributed by atoms with Crippen molar-refractivity contribution >= 4 is 51.5 Å². The smallest absolute Gasteiger partial charge is 0.132 e. The fourth-order valence-electron chi connectivity index (χ4n) is 0.502. The number of unbranched alkanes of at least 4 members (excludes halogenated alkanes) is 1. The quantitative estimate of drug-likeness (QED) is 0.322. The molecule has 0 N–H and O–H groups in total. The second kappa shape index (κ2) is 7.24. The van der Waals surface area contributed by atoms with Crippen LogP contribution in [0.15, 0.2) is 0 Å². The van der Waals surface area contributed by atoms with Gasteiger partial charge in [0, 0.05) is 0 Å². The summed E-state index contributed by atoms with van der Waals surface area (Å²) in [6.45, 7) is 0. The average molecular weight is 352 g/mol. The predicted octanol–water partition coefficient (Wildman–Crippen LogP) is 2.59. The van der Waals surface area contributed by atoms with Crippen molar-refractivity contribution in [2.45, 2.75) is 23.2 Å². The molecular weight excluding hydrogens is 342 g/mol. The van der Waals surface area contributed by atoms with Gasteiger partial charge in [-0.2, -0.15) is 0 Å². The molecule has 0 aliphatic heterocycles. The highest BCUT2D eigenvalue weighted by atomic mass is 127. The molecule has 0 bridgehead atoms. The number of hydrogen-bond acceptors (Lipinski definition) is 1. The van der Waals surface area contributed by atoms with Gasteiger partial charge in [-0.1, -0.05) is 51.6 Å². The van der Waals surface area contributed by atoms with Crippen molar-refractivity contribution in [2.24, 2.45) is 0 Å². The lowest BCUT2D eigenvalue weighted by Gasteiger charge is -1.97. The van der Waals surface area contributed by atoms with Gasteiger partial charge in [-0.15, -0.1) is 0 Å². The van der Waals surface area contributed by atoms with Gasteiger partial charge in [0.2, 0.25) is 0 Å². The molecule has 0 radical (unpaired) electrons. The first-order valence-corrected chi connectivity index (χ1v) is 5.73. The van der Waals surface area contributed by atoms with Gasteiger partial charge < -0.3 is 4.79 Å². The largest absolute Gasteiger partial charge is 0.302 e. The lowest BCUT2D eigenvalue weighted by molar-refractivity contribution is -0.107. The first-order chi connectivity index (χ1) is 4.31. The maximum Gasteiger partial charge on any atom is 0.132 e. The lowest BCUT2D eigenvalue weighted by atomic mass is 10.2. The van der Waals surface area contributed by atoms with E-state index >= 15 is 0 Å².